The molecule has 1 unspecified atom stereocenters. The molecule has 0 aromatic carbocycles. The molecule has 3 heteroatoms. The molecule has 0 spiro atoms. The lowest BCUT2D eigenvalue weighted by Crippen LogP contribution is -2.30. The number of hydrogen-bond donors (Lipinski definition) is 2. The average Bonchev–Trinajstić information content (AvgIpc) is 2.03. The maximum absolute atomic E-state index is 4.93. The zero-order valence-corrected chi connectivity index (χ0v) is 6.31. The van der Waals surface area contributed by atoms with Gasteiger partial charge < -0.3 is 10.2 Å². The molecule has 0 aromatic heterocycles. The summed E-state index contributed by atoms with van der Waals surface area (Å²) in [6.45, 7) is 3.02. The highest BCUT2D eigenvalue weighted by Gasteiger charge is 2.11. The van der Waals surface area contributed by atoms with E-state index in [0.717, 1.165) is 18.9 Å². The third-order valence-electron chi connectivity index (χ3n) is 2.04. The van der Waals surface area contributed by atoms with Gasteiger partial charge in [-0.05, 0) is 38.3 Å². The normalized spacial score (nSPS) is 26.7. The predicted molar refractivity (Wildman–Crippen MR) is 40.4 cm³/mol. The second-order valence-electron chi connectivity index (χ2n) is 2.87. The van der Waals surface area contributed by atoms with Gasteiger partial charge in [-0.15, -0.1) is 0 Å². The zero-order valence-electron chi connectivity index (χ0n) is 6.31. The van der Waals surface area contributed by atoms with Crippen LogP contribution in [0.2, 0.25) is 0 Å². The lowest BCUT2D eigenvalue weighted by molar-refractivity contribution is 0.118. The first-order chi connectivity index (χ1) is 4.93. The first kappa shape index (κ1) is 7.98. The summed E-state index contributed by atoms with van der Waals surface area (Å²) in [5, 5.41) is 3.35. The van der Waals surface area contributed by atoms with Crippen LogP contribution in [0, 0.1) is 5.92 Å². The fourth-order valence-corrected chi connectivity index (χ4v) is 1.41. The molecular formula is C7H16N2O. The van der Waals surface area contributed by atoms with Crippen molar-refractivity contribution < 1.29 is 4.84 Å². The highest BCUT2D eigenvalue weighted by atomic mass is 16.6. The van der Waals surface area contributed by atoms with Crippen molar-refractivity contribution in [1.82, 2.24) is 5.32 Å². The lowest BCUT2D eigenvalue weighted by atomic mass is 9.97. The van der Waals surface area contributed by atoms with Crippen molar-refractivity contribution in [2.45, 2.75) is 19.3 Å². The van der Waals surface area contributed by atoms with Crippen LogP contribution < -0.4 is 11.2 Å². The van der Waals surface area contributed by atoms with Gasteiger partial charge in [0, 0.05) is 0 Å². The Kier molecular flexibility index (Phi) is 3.72. The minimum atomic E-state index is 0.701. The van der Waals surface area contributed by atoms with E-state index in [-0.39, 0.29) is 0 Å². The van der Waals surface area contributed by atoms with E-state index >= 15 is 0 Å². The van der Waals surface area contributed by atoms with Gasteiger partial charge in [-0.1, -0.05) is 0 Å². The Hall–Kier alpha value is -0.120. The molecule has 10 heavy (non-hydrogen) atoms. The molecule has 3 nitrogen and oxygen atoms in total. The summed E-state index contributed by atoms with van der Waals surface area (Å²) in [5.41, 5.74) is 0. The molecule has 1 aliphatic rings. The van der Waals surface area contributed by atoms with E-state index in [0.29, 0.717) is 6.61 Å². The van der Waals surface area contributed by atoms with Gasteiger partial charge in [0.15, 0.2) is 0 Å². The minimum Gasteiger partial charge on any atom is -0.316 e. The molecule has 0 amide bonds. The highest BCUT2D eigenvalue weighted by Crippen LogP contribution is 2.12. The number of nitrogens with one attached hydrogen (secondary N) is 1. The number of rotatable bonds is 3. The summed E-state index contributed by atoms with van der Waals surface area (Å²) in [6.07, 6.45) is 3.73. The molecule has 1 saturated heterocycles. The standard InChI is InChI=1S/C7H16N2O/c8-10-5-3-7-2-1-4-9-6-7/h7,9H,1-6,8H2. The van der Waals surface area contributed by atoms with E-state index in [2.05, 4.69) is 10.2 Å². The molecule has 0 aliphatic carbocycles. The van der Waals surface area contributed by atoms with Crippen LogP contribution in [0.4, 0.5) is 0 Å². The van der Waals surface area contributed by atoms with Crippen LogP contribution in [-0.2, 0) is 4.84 Å². The minimum absolute atomic E-state index is 0.701. The summed E-state index contributed by atoms with van der Waals surface area (Å²) in [6, 6.07) is 0. The van der Waals surface area contributed by atoms with E-state index in [9.17, 15) is 0 Å². The molecule has 0 saturated carbocycles. The van der Waals surface area contributed by atoms with Crippen LogP contribution in [0.25, 0.3) is 0 Å². The Morgan fingerprint density at radius 3 is 3.10 bits per heavy atom. The van der Waals surface area contributed by atoms with Gasteiger partial charge in [-0.25, -0.2) is 5.90 Å². The Labute approximate surface area is 61.9 Å². The van der Waals surface area contributed by atoms with Crippen LogP contribution in [0.3, 0.4) is 0 Å². The van der Waals surface area contributed by atoms with Crippen LogP contribution in [-0.4, -0.2) is 19.7 Å². The zero-order chi connectivity index (χ0) is 7.23. The van der Waals surface area contributed by atoms with Crippen molar-refractivity contribution in [3.8, 4) is 0 Å². The maximum Gasteiger partial charge on any atom is 0.0682 e. The molecule has 1 fully saturated rings. The third kappa shape index (κ3) is 2.64. The van der Waals surface area contributed by atoms with Crippen molar-refractivity contribution in [2.24, 2.45) is 11.8 Å². The molecular weight excluding hydrogens is 128 g/mol. The van der Waals surface area contributed by atoms with E-state index in [1.807, 2.05) is 0 Å². The smallest absolute Gasteiger partial charge is 0.0682 e. The Bertz CT molecular complexity index is 81.7. The summed E-state index contributed by atoms with van der Waals surface area (Å²) in [7, 11) is 0. The molecule has 1 atom stereocenters. The first-order valence-electron chi connectivity index (χ1n) is 3.96. The van der Waals surface area contributed by atoms with Crippen molar-refractivity contribution >= 4 is 0 Å². The number of nitrogens with two attached hydrogens (primary N) is 1. The van der Waals surface area contributed by atoms with Gasteiger partial charge in [-0.3, -0.25) is 0 Å². The van der Waals surface area contributed by atoms with Crippen LogP contribution in [0.1, 0.15) is 19.3 Å². The maximum atomic E-state index is 4.93. The van der Waals surface area contributed by atoms with Gasteiger partial charge in [0.05, 0.1) is 6.61 Å². The first-order valence-corrected chi connectivity index (χ1v) is 3.96. The Balaban J connectivity index is 2.02. The molecule has 60 valence electrons. The highest BCUT2D eigenvalue weighted by molar-refractivity contribution is 4.68. The fourth-order valence-electron chi connectivity index (χ4n) is 1.41. The van der Waals surface area contributed by atoms with Crippen molar-refractivity contribution in [2.75, 3.05) is 19.7 Å². The second kappa shape index (κ2) is 4.66. The number of piperidine rings is 1. The van der Waals surface area contributed by atoms with Gasteiger partial charge in [-0.2, -0.15) is 0 Å². The van der Waals surface area contributed by atoms with Crippen LogP contribution in [0.15, 0.2) is 0 Å². The van der Waals surface area contributed by atoms with Gasteiger partial charge in [0.2, 0.25) is 0 Å². The van der Waals surface area contributed by atoms with Crippen molar-refractivity contribution in [3.63, 3.8) is 0 Å². The van der Waals surface area contributed by atoms with E-state index in [4.69, 9.17) is 5.90 Å². The molecule has 0 aromatic rings. The van der Waals surface area contributed by atoms with Crippen LogP contribution in [0.5, 0.6) is 0 Å². The Morgan fingerprint density at radius 1 is 1.60 bits per heavy atom. The molecule has 0 bridgehead atoms. The van der Waals surface area contributed by atoms with E-state index in [1.54, 1.807) is 0 Å². The molecule has 0 radical (unpaired) electrons. The van der Waals surface area contributed by atoms with Gasteiger partial charge in [0.25, 0.3) is 0 Å². The topological polar surface area (TPSA) is 47.3 Å². The summed E-state index contributed by atoms with van der Waals surface area (Å²) < 4.78 is 0. The van der Waals surface area contributed by atoms with Gasteiger partial charge in [0.1, 0.15) is 0 Å². The molecule has 1 aliphatic heterocycles. The quantitative estimate of drug-likeness (QED) is 0.559. The molecule has 1 heterocycles. The van der Waals surface area contributed by atoms with E-state index in [1.165, 1.54) is 19.4 Å². The van der Waals surface area contributed by atoms with Gasteiger partial charge >= 0.3 is 0 Å². The second-order valence-corrected chi connectivity index (χ2v) is 2.87. The summed E-state index contributed by atoms with van der Waals surface area (Å²) in [4.78, 5) is 4.52. The van der Waals surface area contributed by atoms with Crippen molar-refractivity contribution in [3.05, 3.63) is 0 Å². The lowest BCUT2D eigenvalue weighted by Gasteiger charge is -2.21. The monoisotopic (exact) mass is 144 g/mol. The average molecular weight is 144 g/mol. The van der Waals surface area contributed by atoms with Crippen molar-refractivity contribution in [1.29, 1.82) is 0 Å². The predicted octanol–water partition coefficient (Wildman–Crippen LogP) is 0.266. The fraction of sp³-hybridized carbons (Fsp3) is 1.00. The molecule has 1 rings (SSSR count). The molecule has 3 N–H and O–H groups in total. The summed E-state index contributed by atoms with van der Waals surface area (Å²) in [5.74, 6) is 5.71. The summed E-state index contributed by atoms with van der Waals surface area (Å²) >= 11 is 0. The largest absolute Gasteiger partial charge is 0.316 e. The van der Waals surface area contributed by atoms with Crippen LogP contribution >= 0.6 is 0 Å². The third-order valence-corrected chi connectivity index (χ3v) is 2.04. The Morgan fingerprint density at radius 2 is 2.50 bits per heavy atom. The van der Waals surface area contributed by atoms with E-state index < -0.39 is 0 Å². The SMILES string of the molecule is NOCCC1CCCNC1. The number of hydrogen-bond acceptors (Lipinski definition) is 3.